The average molecular weight is 593 g/mol. The van der Waals surface area contributed by atoms with Gasteiger partial charge in [0.1, 0.15) is 34.6 Å². The highest BCUT2D eigenvalue weighted by Crippen LogP contribution is 2.37. The van der Waals surface area contributed by atoms with Gasteiger partial charge >= 0.3 is 6.11 Å². The van der Waals surface area contributed by atoms with Gasteiger partial charge in [-0.2, -0.15) is 8.78 Å². The molecule has 0 radical (unpaired) electrons. The summed E-state index contributed by atoms with van der Waals surface area (Å²) in [6, 6.07) is 8.15. The minimum atomic E-state index is -4.43. The largest absolute Gasteiger partial charge is 0.429 e. The van der Waals surface area contributed by atoms with Gasteiger partial charge in [0.15, 0.2) is 17.5 Å². The Bertz CT molecular complexity index is 1640. The van der Waals surface area contributed by atoms with Crippen LogP contribution in [0.25, 0.3) is 11.1 Å². The van der Waals surface area contributed by atoms with Gasteiger partial charge in [-0.15, -0.1) is 0 Å². The first kappa shape index (κ1) is 30.6. The van der Waals surface area contributed by atoms with Crippen molar-refractivity contribution < 1.29 is 44.3 Å². The van der Waals surface area contributed by atoms with E-state index in [1.165, 1.54) is 12.1 Å². The fourth-order valence-corrected chi connectivity index (χ4v) is 4.15. The third-order valence-corrected chi connectivity index (χ3v) is 6.26. The van der Waals surface area contributed by atoms with Crippen LogP contribution in [-0.2, 0) is 12.5 Å². The topological polar surface area (TPSA) is 9.23 Å². The normalized spacial score (nSPS) is 11.3. The van der Waals surface area contributed by atoms with Crippen molar-refractivity contribution in [2.45, 2.75) is 38.7 Å². The van der Waals surface area contributed by atoms with Crippen LogP contribution in [0.4, 0.5) is 39.5 Å². The Kier molecular flexibility index (Phi) is 9.20. The van der Waals surface area contributed by atoms with Gasteiger partial charge in [-0.1, -0.05) is 37.7 Å². The van der Waals surface area contributed by atoms with Gasteiger partial charge in [0.2, 0.25) is 0 Å². The van der Waals surface area contributed by atoms with Gasteiger partial charge in [-0.05, 0) is 66.4 Å². The SMILES string of the molecule is CCCCCc1ccc(C#Cc2ccc(C(F)(F)Oc3cc(F)c(-c4cc(F)c(F)c(F)c4)c(F)c3)c(F)c2)c(F)c1. The first-order valence-corrected chi connectivity index (χ1v) is 12.7. The molecule has 0 aliphatic rings. The standard InChI is InChI=1S/C32H21F9O/c1-2-3-4-5-18-6-9-20(24(33)12-18)10-7-19-8-11-23(25(34)13-19)32(40,41)42-22-16-26(35)30(27(36)17-22)21-14-28(37)31(39)29(38)15-21/h6,8-9,11-17H,2-5H2,1H3. The summed E-state index contributed by atoms with van der Waals surface area (Å²) in [5.41, 5.74) is -2.27. The van der Waals surface area contributed by atoms with Gasteiger partial charge in [-0.3, -0.25) is 0 Å². The molecule has 0 aliphatic carbocycles. The molecule has 0 N–H and O–H groups in total. The van der Waals surface area contributed by atoms with Crippen molar-refractivity contribution in [3.8, 4) is 28.7 Å². The van der Waals surface area contributed by atoms with Crippen molar-refractivity contribution in [2.24, 2.45) is 0 Å². The lowest BCUT2D eigenvalue weighted by atomic mass is 10.0. The number of aryl methyl sites for hydroxylation is 1. The maximum atomic E-state index is 14.8. The second-order valence-corrected chi connectivity index (χ2v) is 9.35. The second kappa shape index (κ2) is 12.6. The molecule has 0 fully saturated rings. The number of hydrogen-bond acceptors (Lipinski definition) is 1. The van der Waals surface area contributed by atoms with Crippen molar-refractivity contribution in [1.29, 1.82) is 0 Å². The molecule has 0 heterocycles. The molecule has 4 aromatic carbocycles. The number of halogens is 9. The summed E-state index contributed by atoms with van der Waals surface area (Å²) < 4.78 is 132. The van der Waals surface area contributed by atoms with Crippen molar-refractivity contribution in [2.75, 3.05) is 0 Å². The van der Waals surface area contributed by atoms with Crippen LogP contribution in [0.15, 0.2) is 60.7 Å². The van der Waals surface area contributed by atoms with E-state index in [1.54, 1.807) is 6.07 Å². The summed E-state index contributed by atoms with van der Waals surface area (Å²) in [6.07, 6.45) is -0.774. The fourth-order valence-electron chi connectivity index (χ4n) is 4.15. The number of rotatable bonds is 8. The zero-order chi connectivity index (χ0) is 30.6. The summed E-state index contributed by atoms with van der Waals surface area (Å²) in [5.74, 6) is -6.50. The zero-order valence-electron chi connectivity index (χ0n) is 21.9. The molecule has 0 aromatic heterocycles. The van der Waals surface area contributed by atoms with E-state index < -0.39 is 69.3 Å². The molecule has 4 aromatic rings. The van der Waals surface area contributed by atoms with E-state index in [9.17, 15) is 39.5 Å². The maximum absolute atomic E-state index is 14.8. The molecule has 0 atom stereocenters. The molecule has 218 valence electrons. The number of benzene rings is 4. The molecule has 0 saturated heterocycles. The summed E-state index contributed by atoms with van der Waals surface area (Å²) in [7, 11) is 0. The first-order chi connectivity index (χ1) is 19.9. The third kappa shape index (κ3) is 6.90. The minimum Gasteiger partial charge on any atom is -0.429 e. The molecule has 0 saturated carbocycles. The molecular formula is C32H21F9O. The van der Waals surface area contributed by atoms with E-state index in [4.69, 9.17) is 0 Å². The van der Waals surface area contributed by atoms with E-state index in [0.29, 0.717) is 42.8 Å². The highest BCUT2D eigenvalue weighted by molar-refractivity contribution is 5.66. The Balaban J connectivity index is 1.53. The predicted molar refractivity (Wildman–Crippen MR) is 138 cm³/mol. The Hall–Kier alpha value is -4.39. The van der Waals surface area contributed by atoms with Gasteiger partial charge < -0.3 is 4.74 Å². The number of alkyl halides is 2. The fraction of sp³-hybridized carbons (Fsp3) is 0.188. The van der Waals surface area contributed by atoms with Crippen LogP contribution in [-0.4, -0.2) is 0 Å². The van der Waals surface area contributed by atoms with Gasteiger partial charge in [0, 0.05) is 17.7 Å². The van der Waals surface area contributed by atoms with E-state index in [2.05, 4.69) is 23.5 Å². The van der Waals surface area contributed by atoms with Crippen LogP contribution in [0.2, 0.25) is 0 Å². The summed E-state index contributed by atoms with van der Waals surface area (Å²) in [4.78, 5) is 0. The van der Waals surface area contributed by atoms with Crippen LogP contribution in [0.1, 0.15) is 48.4 Å². The predicted octanol–water partition coefficient (Wildman–Crippen LogP) is 9.59. The molecule has 0 spiro atoms. The monoisotopic (exact) mass is 592 g/mol. The molecule has 4 rings (SSSR count). The highest BCUT2D eigenvalue weighted by atomic mass is 19.3. The lowest BCUT2D eigenvalue weighted by Gasteiger charge is -2.19. The summed E-state index contributed by atoms with van der Waals surface area (Å²) >= 11 is 0. The maximum Gasteiger partial charge on any atom is 0.429 e. The number of ether oxygens (including phenoxy) is 1. The minimum absolute atomic E-state index is 0.0333. The van der Waals surface area contributed by atoms with Crippen molar-refractivity contribution in [3.05, 3.63) is 124 Å². The molecule has 42 heavy (non-hydrogen) atoms. The Morgan fingerprint density at radius 1 is 0.667 bits per heavy atom. The van der Waals surface area contributed by atoms with Crippen LogP contribution in [0.5, 0.6) is 5.75 Å². The van der Waals surface area contributed by atoms with Gasteiger partial charge in [-0.25, -0.2) is 30.7 Å². The van der Waals surface area contributed by atoms with Crippen LogP contribution >= 0.6 is 0 Å². The molecular weight excluding hydrogens is 571 g/mol. The van der Waals surface area contributed by atoms with Gasteiger partial charge in [0.25, 0.3) is 0 Å². The highest BCUT2D eigenvalue weighted by Gasteiger charge is 2.38. The summed E-state index contributed by atoms with van der Waals surface area (Å²) in [6.45, 7) is 2.05. The molecule has 0 aliphatic heterocycles. The van der Waals surface area contributed by atoms with E-state index in [0.717, 1.165) is 30.9 Å². The van der Waals surface area contributed by atoms with E-state index in [-0.39, 0.29) is 11.1 Å². The van der Waals surface area contributed by atoms with Crippen LogP contribution in [0, 0.1) is 52.6 Å². The molecule has 10 heteroatoms. The average Bonchev–Trinajstić information content (AvgIpc) is 2.90. The lowest BCUT2D eigenvalue weighted by Crippen LogP contribution is -2.23. The van der Waals surface area contributed by atoms with Crippen molar-refractivity contribution in [1.82, 2.24) is 0 Å². The molecule has 0 unspecified atom stereocenters. The zero-order valence-corrected chi connectivity index (χ0v) is 21.9. The lowest BCUT2D eigenvalue weighted by molar-refractivity contribution is -0.187. The van der Waals surface area contributed by atoms with Crippen molar-refractivity contribution in [3.63, 3.8) is 0 Å². The number of unbranched alkanes of at least 4 members (excludes halogenated alkanes) is 2. The first-order valence-electron chi connectivity index (χ1n) is 12.7. The van der Waals surface area contributed by atoms with Gasteiger partial charge in [0.05, 0.1) is 11.1 Å². The van der Waals surface area contributed by atoms with Crippen molar-refractivity contribution >= 4 is 0 Å². The number of hydrogen-bond donors (Lipinski definition) is 0. The van der Waals surface area contributed by atoms with Crippen LogP contribution < -0.4 is 4.74 Å². The Labute approximate surface area is 235 Å². The Morgan fingerprint density at radius 3 is 1.93 bits per heavy atom. The molecule has 0 amide bonds. The summed E-state index contributed by atoms with van der Waals surface area (Å²) in [5, 5.41) is 0. The molecule has 1 nitrogen and oxygen atoms in total. The third-order valence-electron chi connectivity index (χ3n) is 6.26. The Morgan fingerprint density at radius 2 is 1.33 bits per heavy atom. The van der Waals surface area contributed by atoms with E-state index >= 15 is 0 Å². The quantitative estimate of drug-likeness (QED) is 0.0857. The smallest absolute Gasteiger partial charge is 0.429 e. The van der Waals surface area contributed by atoms with E-state index in [1.807, 2.05) is 0 Å². The second-order valence-electron chi connectivity index (χ2n) is 9.35. The van der Waals surface area contributed by atoms with Crippen LogP contribution in [0.3, 0.4) is 0 Å². The molecule has 0 bridgehead atoms.